The van der Waals surface area contributed by atoms with Crippen LogP contribution in [0.2, 0.25) is 0 Å². The summed E-state index contributed by atoms with van der Waals surface area (Å²) in [7, 11) is 1.82. The molecule has 0 saturated carbocycles. The number of aromatic nitrogens is 2. The number of thiophene rings is 1. The van der Waals surface area contributed by atoms with Gasteiger partial charge in [0, 0.05) is 11.1 Å². The molecule has 2 N–H and O–H groups in total. The van der Waals surface area contributed by atoms with E-state index >= 15 is 0 Å². The standard InChI is InChI=1S/C20H18N4O2S/c1-24(11-17-21-16-9-10-27-19(16)20(26)23-17)12-18(25)22-15-8-4-6-13-5-2-3-7-14(13)15/h2-10H,11-12H2,1H3,(H,22,25)(H,21,23,26). The summed E-state index contributed by atoms with van der Waals surface area (Å²) in [6, 6.07) is 15.6. The first-order valence-corrected chi connectivity index (χ1v) is 9.41. The van der Waals surface area contributed by atoms with Crippen molar-refractivity contribution < 1.29 is 4.79 Å². The minimum absolute atomic E-state index is 0.118. The third-order valence-electron chi connectivity index (χ3n) is 4.26. The zero-order chi connectivity index (χ0) is 18.8. The molecular weight excluding hydrogens is 360 g/mol. The number of anilines is 1. The Hall–Kier alpha value is -3.03. The van der Waals surface area contributed by atoms with E-state index in [-0.39, 0.29) is 18.0 Å². The average Bonchev–Trinajstić information content (AvgIpc) is 3.11. The molecule has 0 atom stereocenters. The summed E-state index contributed by atoms with van der Waals surface area (Å²) in [4.78, 5) is 33.5. The molecule has 4 rings (SSSR count). The molecule has 0 bridgehead atoms. The van der Waals surface area contributed by atoms with E-state index < -0.39 is 0 Å². The van der Waals surface area contributed by atoms with Gasteiger partial charge >= 0.3 is 0 Å². The maximum atomic E-state index is 12.5. The summed E-state index contributed by atoms with van der Waals surface area (Å²) in [6.45, 7) is 0.568. The van der Waals surface area contributed by atoms with E-state index in [1.165, 1.54) is 11.3 Å². The molecule has 0 unspecified atom stereocenters. The van der Waals surface area contributed by atoms with E-state index in [4.69, 9.17) is 0 Å². The van der Waals surface area contributed by atoms with Gasteiger partial charge in [-0.3, -0.25) is 14.5 Å². The summed E-state index contributed by atoms with van der Waals surface area (Å²) >= 11 is 1.37. The van der Waals surface area contributed by atoms with E-state index in [0.717, 1.165) is 16.5 Å². The second-order valence-corrected chi connectivity index (χ2v) is 7.31. The van der Waals surface area contributed by atoms with Gasteiger partial charge in [-0.1, -0.05) is 36.4 Å². The van der Waals surface area contributed by atoms with Crippen LogP contribution in [-0.2, 0) is 11.3 Å². The number of H-pyrrole nitrogens is 1. The molecule has 2 heterocycles. The lowest BCUT2D eigenvalue weighted by molar-refractivity contribution is -0.117. The van der Waals surface area contributed by atoms with Crippen LogP contribution in [0.3, 0.4) is 0 Å². The highest BCUT2D eigenvalue weighted by Crippen LogP contribution is 2.22. The zero-order valence-corrected chi connectivity index (χ0v) is 15.5. The molecule has 0 spiro atoms. The molecule has 0 radical (unpaired) electrons. The zero-order valence-electron chi connectivity index (χ0n) is 14.7. The van der Waals surface area contributed by atoms with Crippen molar-refractivity contribution in [2.45, 2.75) is 6.54 Å². The predicted molar refractivity (Wildman–Crippen MR) is 109 cm³/mol. The number of aromatic amines is 1. The summed E-state index contributed by atoms with van der Waals surface area (Å²) in [5.74, 6) is 0.430. The molecule has 6 nitrogen and oxygen atoms in total. The minimum Gasteiger partial charge on any atom is -0.324 e. The molecule has 7 heteroatoms. The number of fused-ring (bicyclic) bond motifs is 2. The van der Waals surface area contributed by atoms with Crippen molar-refractivity contribution in [3.63, 3.8) is 0 Å². The van der Waals surface area contributed by atoms with Gasteiger partial charge in [0.2, 0.25) is 5.91 Å². The van der Waals surface area contributed by atoms with Gasteiger partial charge in [0.1, 0.15) is 10.5 Å². The Balaban J connectivity index is 1.45. The molecule has 0 aliphatic heterocycles. The number of rotatable bonds is 5. The lowest BCUT2D eigenvalue weighted by Crippen LogP contribution is -2.31. The van der Waals surface area contributed by atoms with E-state index in [2.05, 4.69) is 15.3 Å². The molecule has 0 aliphatic carbocycles. The lowest BCUT2D eigenvalue weighted by Gasteiger charge is -2.16. The van der Waals surface area contributed by atoms with Crippen molar-refractivity contribution in [2.75, 3.05) is 18.9 Å². The van der Waals surface area contributed by atoms with Crippen LogP contribution in [0.4, 0.5) is 5.69 Å². The monoisotopic (exact) mass is 378 g/mol. The molecule has 2 aromatic carbocycles. The number of benzene rings is 2. The van der Waals surface area contributed by atoms with E-state index in [1.807, 2.05) is 65.9 Å². The van der Waals surface area contributed by atoms with Crippen LogP contribution < -0.4 is 10.9 Å². The van der Waals surface area contributed by atoms with Gasteiger partial charge in [0.25, 0.3) is 5.56 Å². The minimum atomic E-state index is -0.140. The number of likely N-dealkylation sites (N-methyl/N-ethyl adjacent to an activating group) is 1. The largest absolute Gasteiger partial charge is 0.324 e. The molecule has 2 aromatic heterocycles. The van der Waals surface area contributed by atoms with Crippen LogP contribution in [0.15, 0.2) is 58.7 Å². The van der Waals surface area contributed by atoms with E-state index in [0.29, 0.717) is 22.6 Å². The van der Waals surface area contributed by atoms with Gasteiger partial charge in [-0.15, -0.1) is 11.3 Å². The number of amides is 1. The first-order chi connectivity index (χ1) is 13.1. The SMILES string of the molecule is CN(CC(=O)Nc1cccc2ccccc12)Cc1nc2ccsc2c(=O)[nH]1. The number of hydrogen-bond donors (Lipinski definition) is 2. The van der Waals surface area contributed by atoms with Crippen LogP contribution >= 0.6 is 11.3 Å². The Morgan fingerprint density at radius 1 is 1.19 bits per heavy atom. The van der Waals surface area contributed by atoms with Crippen LogP contribution in [0.25, 0.3) is 21.0 Å². The Kier molecular flexibility index (Phi) is 4.70. The number of nitrogens with zero attached hydrogens (tertiary/aromatic N) is 2. The smallest absolute Gasteiger partial charge is 0.268 e. The topological polar surface area (TPSA) is 78.1 Å². The van der Waals surface area contributed by atoms with Gasteiger partial charge in [-0.05, 0) is 29.9 Å². The fourth-order valence-electron chi connectivity index (χ4n) is 3.08. The normalized spacial score (nSPS) is 11.3. The number of carbonyl (C=O) groups is 1. The molecule has 136 valence electrons. The van der Waals surface area contributed by atoms with Gasteiger partial charge in [0.05, 0.1) is 18.6 Å². The maximum Gasteiger partial charge on any atom is 0.268 e. The highest BCUT2D eigenvalue weighted by atomic mass is 32.1. The van der Waals surface area contributed by atoms with Gasteiger partial charge < -0.3 is 10.3 Å². The predicted octanol–water partition coefficient (Wildman–Crippen LogP) is 3.21. The van der Waals surface area contributed by atoms with Crippen LogP contribution in [-0.4, -0.2) is 34.4 Å². The Labute approximate surface area is 159 Å². The fraction of sp³-hybridized carbons (Fsp3) is 0.150. The molecule has 27 heavy (non-hydrogen) atoms. The second kappa shape index (κ2) is 7.30. The van der Waals surface area contributed by atoms with Crippen molar-refractivity contribution >= 4 is 43.9 Å². The van der Waals surface area contributed by atoms with Crippen molar-refractivity contribution in [3.05, 3.63) is 70.1 Å². The lowest BCUT2D eigenvalue weighted by atomic mass is 10.1. The molecule has 4 aromatic rings. The molecule has 0 aliphatic rings. The number of carbonyl (C=O) groups excluding carboxylic acids is 1. The maximum absolute atomic E-state index is 12.5. The van der Waals surface area contributed by atoms with Gasteiger partial charge in [-0.25, -0.2) is 4.98 Å². The first-order valence-electron chi connectivity index (χ1n) is 8.53. The fourth-order valence-corrected chi connectivity index (χ4v) is 3.80. The summed E-state index contributed by atoms with van der Waals surface area (Å²) in [5.41, 5.74) is 1.34. The van der Waals surface area contributed by atoms with Crippen molar-refractivity contribution in [1.29, 1.82) is 0 Å². The summed E-state index contributed by atoms with van der Waals surface area (Å²) in [6.07, 6.45) is 0. The van der Waals surface area contributed by atoms with Crippen LogP contribution in [0, 0.1) is 0 Å². The molecular formula is C20H18N4O2S. The second-order valence-electron chi connectivity index (χ2n) is 6.39. The van der Waals surface area contributed by atoms with Crippen molar-refractivity contribution in [1.82, 2.24) is 14.9 Å². The number of hydrogen-bond acceptors (Lipinski definition) is 5. The summed E-state index contributed by atoms with van der Waals surface area (Å²) < 4.78 is 0.620. The Morgan fingerprint density at radius 3 is 2.89 bits per heavy atom. The summed E-state index contributed by atoms with van der Waals surface area (Å²) in [5, 5.41) is 6.90. The Bertz CT molecular complexity index is 1180. The third-order valence-corrected chi connectivity index (χ3v) is 5.16. The van der Waals surface area contributed by atoms with Crippen LogP contribution in [0.1, 0.15) is 5.82 Å². The highest BCUT2D eigenvalue weighted by Gasteiger charge is 2.12. The van der Waals surface area contributed by atoms with Crippen molar-refractivity contribution in [2.24, 2.45) is 0 Å². The molecule has 1 amide bonds. The third kappa shape index (κ3) is 3.74. The average molecular weight is 378 g/mol. The van der Waals surface area contributed by atoms with Gasteiger partial charge in [-0.2, -0.15) is 0 Å². The molecule has 0 saturated heterocycles. The van der Waals surface area contributed by atoms with E-state index in [1.54, 1.807) is 0 Å². The van der Waals surface area contributed by atoms with Gasteiger partial charge in [0.15, 0.2) is 0 Å². The Morgan fingerprint density at radius 2 is 2.00 bits per heavy atom. The first kappa shape index (κ1) is 17.4. The molecule has 0 fully saturated rings. The number of nitrogens with one attached hydrogen (secondary N) is 2. The van der Waals surface area contributed by atoms with Crippen molar-refractivity contribution in [3.8, 4) is 0 Å². The van der Waals surface area contributed by atoms with E-state index in [9.17, 15) is 9.59 Å². The highest BCUT2D eigenvalue weighted by molar-refractivity contribution is 7.17. The quantitative estimate of drug-likeness (QED) is 0.559. The van der Waals surface area contributed by atoms with Crippen LogP contribution in [0.5, 0.6) is 0 Å².